The number of hydrogen-bond acceptors (Lipinski definition) is 4. The van der Waals surface area contributed by atoms with Crippen molar-refractivity contribution in [1.29, 1.82) is 0 Å². The largest absolute Gasteiger partial charge is 0.504 e. The smallest absolute Gasteiger partial charge is 0.256 e. The van der Waals surface area contributed by atoms with Gasteiger partial charge in [0.05, 0.1) is 0 Å². The summed E-state index contributed by atoms with van der Waals surface area (Å²) in [7, 11) is -0.964. The Morgan fingerprint density at radius 3 is 2.85 bits per heavy atom. The highest BCUT2D eigenvalue weighted by Gasteiger charge is 2.10. The van der Waals surface area contributed by atoms with Gasteiger partial charge in [0.2, 0.25) is 0 Å². The van der Waals surface area contributed by atoms with Gasteiger partial charge in [0, 0.05) is 34.6 Å². The van der Waals surface area contributed by atoms with E-state index in [1.807, 2.05) is 6.07 Å². The molecular weight excluding hydrogens is 276 g/mol. The first-order chi connectivity index (χ1) is 9.56. The van der Waals surface area contributed by atoms with Crippen molar-refractivity contribution in [1.82, 2.24) is 4.98 Å². The molecule has 0 fully saturated rings. The molecule has 1 aromatic carbocycles. The molecule has 0 aliphatic rings. The Kier molecular flexibility index (Phi) is 4.47. The quantitative estimate of drug-likeness (QED) is 0.901. The van der Waals surface area contributed by atoms with Gasteiger partial charge in [-0.15, -0.1) is 0 Å². The standard InChI is InChI=1S/C14H14N2O3S/c1-20(19)9-10-4-2-5-11(8-10)14(18)16-13-12(17)6-3-7-15-13/h2-8,17H,9H2,1H3,(H,15,16,18). The van der Waals surface area contributed by atoms with Gasteiger partial charge in [-0.2, -0.15) is 0 Å². The van der Waals surface area contributed by atoms with Crippen LogP contribution in [0.3, 0.4) is 0 Å². The van der Waals surface area contributed by atoms with E-state index in [1.54, 1.807) is 30.5 Å². The topological polar surface area (TPSA) is 79.3 Å². The number of anilines is 1. The number of carbonyl (C=O) groups excluding carboxylic acids is 1. The molecule has 1 unspecified atom stereocenters. The average Bonchev–Trinajstić information content (AvgIpc) is 2.41. The van der Waals surface area contributed by atoms with E-state index in [9.17, 15) is 14.1 Å². The number of nitrogens with one attached hydrogen (secondary N) is 1. The van der Waals surface area contributed by atoms with Gasteiger partial charge in [-0.3, -0.25) is 9.00 Å². The van der Waals surface area contributed by atoms with E-state index >= 15 is 0 Å². The second-order valence-electron chi connectivity index (χ2n) is 4.24. The maximum Gasteiger partial charge on any atom is 0.256 e. The zero-order valence-corrected chi connectivity index (χ0v) is 11.7. The SMILES string of the molecule is CS(=O)Cc1cccc(C(=O)Nc2ncccc2O)c1. The van der Waals surface area contributed by atoms with Crippen LogP contribution in [0.1, 0.15) is 15.9 Å². The predicted octanol–water partition coefficient (Wildman–Crippen LogP) is 1.92. The van der Waals surface area contributed by atoms with Crippen LogP contribution in [0.5, 0.6) is 5.75 Å². The molecule has 5 nitrogen and oxygen atoms in total. The van der Waals surface area contributed by atoms with Gasteiger partial charge in [-0.1, -0.05) is 12.1 Å². The Morgan fingerprint density at radius 2 is 2.15 bits per heavy atom. The molecule has 0 saturated heterocycles. The Hall–Kier alpha value is -2.21. The van der Waals surface area contributed by atoms with Crippen molar-refractivity contribution in [3.05, 3.63) is 53.7 Å². The van der Waals surface area contributed by atoms with Crippen molar-refractivity contribution in [3.8, 4) is 5.75 Å². The molecule has 0 spiro atoms. The Labute approximate surface area is 119 Å². The minimum absolute atomic E-state index is 0.0910. The third-order valence-corrected chi connectivity index (χ3v) is 3.32. The first kappa shape index (κ1) is 14.2. The molecule has 1 aromatic heterocycles. The van der Waals surface area contributed by atoms with Crippen molar-refractivity contribution in [3.63, 3.8) is 0 Å². The number of nitrogens with zero attached hydrogens (tertiary/aromatic N) is 1. The van der Waals surface area contributed by atoms with Crippen molar-refractivity contribution < 1.29 is 14.1 Å². The van der Waals surface area contributed by atoms with Crippen LogP contribution in [-0.2, 0) is 16.6 Å². The van der Waals surface area contributed by atoms with Crippen molar-refractivity contribution in [2.45, 2.75) is 5.75 Å². The molecule has 104 valence electrons. The summed E-state index contributed by atoms with van der Waals surface area (Å²) in [6.45, 7) is 0. The molecule has 20 heavy (non-hydrogen) atoms. The van der Waals surface area contributed by atoms with E-state index in [0.29, 0.717) is 11.3 Å². The molecule has 1 amide bonds. The number of aromatic nitrogens is 1. The number of aromatic hydroxyl groups is 1. The van der Waals surface area contributed by atoms with Crippen molar-refractivity contribution in [2.75, 3.05) is 11.6 Å². The molecule has 0 radical (unpaired) electrons. The summed E-state index contributed by atoms with van der Waals surface area (Å²) in [4.78, 5) is 16.0. The number of pyridine rings is 1. The highest BCUT2D eigenvalue weighted by atomic mass is 32.2. The normalized spacial score (nSPS) is 11.8. The minimum atomic E-state index is -0.964. The van der Waals surface area contributed by atoms with E-state index in [4.69, 9.17) is 0 Å². The van der Waals surface area contributed by atoms with Gasteiger partial charge < -0.3 is 10.4 Å². The van der Waals surface area contributed by atoms with Crippen LogP contribution < -0.4 is 5.32 Å². The molecule has 0 aliphatic carbocycles. The molecule has 0 aliphatic heterocycles. The predicted molar refractivity (Wildman–Crippen MR) is 78.1 cm³/mol. The van der Waals surface area contributed by atoms with Gasteiger partial charge in [0.15, 0.2) is 11.6 Å². The fourth-order valence-electron chi connectivity index (χ4n) is 1.71. The van der Waals surface area contributed by atoms with Crippen molar-refractivity contribution >= 4 is 22.5 Å². The maximum atomic E-state index is 12.1. The van der Waals surface area contributed by atoms with E-state index in [-0.39, 0.29) is 17.5 Å². The zero-order chi connectivity index (χ0) is 14.5. The number of hydrogen-bond donors (Lipinski definition) is 2. The Bertz CT molecular complexity index is 658. The zero-order valence-electron chi connectivity index (χ0n) is 10.9. The molecule has 0 bridgehead atoms. The lowest BCUT2D eigenvalue weighted by Gasteiger charge is -2.07. The van der Waals surface area contributed by atoms with Crippen LogP contribution in [0, 0.1) is 0 Å². The number of benzene rings is 1. The third-order valence-electron chi connectivity index (χ3n) is 2.58. The lowest BCUT2D eigenvalue weighted by molar-refractivity contribution is 0.102. The van der Waals surface area contributed by atoms with Crippen LogP contribution in [-0.4, -0.2) is 26.5 Å². The van der Waals surface area contributed by atoms with Gasteiger partial charge in [0.25, 0.3) is 5.91 Å². The monoisotopic (exact) mass is 290 g/mol. The summed E-state index contributed by atoms with van der Waals surface area (Å²) in [5, 5.41) is 12.1. The second kappa shape index (κ2) is 6.29. The van der Waals surface area contributed by atoms with Gasteiger partial charge in [-0.05, 0) is 29.8 Å². The van der Waals surface area contributed by atoms with E-state index in [1.165, 1.54) is 12.3 Å². The summed E-state index contributed by atoms with van der Waals surface area (Å²) >= 11 is 0. The second-order valence-corrected chi connectivity index (χ2v) is 5.68. The summed E-state index contributed by atoms with van der Waals surface area (Å²) in [6, 6.07) is 9.89. The Balaban J connectivity index is 2.17. The summed E-state index contributed by atoms with van der Waals surface area (Å²) in [6.07, 6.45) is 3.09. The summed E-state index contributed by atoms with van der Waals surface area (Å²) in [5.41, 5.74) is 1.25. The van der Waals surface area contributed by atoms with Crippen LogP contribution in [0.2, 0.25) is 0 Å². The molecule has 0 saturated carbocycles. The molecule has 2 N–H and O–H groups in total. The Morgan fingerprint density at radius 1 is 1.35 bits per heavy atom. The lowest BCUT2D eigenvalue weighted by atomic mass is 10.1. The van der Waals surface area contributed by atoms with Crippen LogP contribution >= 0.6 is 0 Å². The number of rotatable bonds is 4. The van der Waals surface area contributed by atoms with Crippen LogP contribution in [0.25, 0.3) is 0 Å². The van der Waals surface area contributed by atoms with Gasteiger partial charge >= 0.3 is 0 Å². The fourth-order valence-corrected chi connectivity index (χ4v) is 2.36. The van der Waals surface area contributed by atoms with E-state index < -0.39 is 10.8 Å². The van der Waals surface area contributed by atoms with Crippen LogP contribution in [0.4, 0.5) is 5.82 Å². The van der Waals surface area contributed by atoms with Gasteiger partial charge in [0.1, 0.15) is 0 Å². The first-order valence-electron chi connectivity index (χ1n) is 5.90. The number of carbonyl (C=O) groups is 1. The number of amides is 1. The van der Waals surface area contributed by atoms with Gasteiger partial charge in [-0.25, -0.2) is 4.98 Å². The first-order valence-corrected chi connectivity index (χ1v) is 7.63. The lowest BCUT2D eigenvalue weighted by Crippen LogP contribution is -2.13. The van der Waals surface area contributed by atoms with Crippen molar-refractivity contribution in [2.24, 2.45) is 0 Å². The third kappa shape index (κ3) is 3.64. The molecule has 1 atom stereocenters. The highest BCUT2D eigenvalue weighted by Crippen LogP contribution is 2.19. The average molecular weight is 290 g/mol. The van der Waals surface area contributed by atoms with Crippen LogP contribution in [0.15, 0.2) is 42.6 Å². The maximum absolute atomic E-state index is 12.1. The van der Waals surface area contributed by atoms with E-state index in [0.717, 1.165) is 5.56 Å². The summed E-state index contributed by atoms with van der Waals surface area (Å²) in [5.74, 6) is 0.0482. The molecule has 1 heterocycles. The summed E-state index contributed by atoms with van der Waals surface area (Å²) < 4.78 is 11.2. The molecule has 2 rings (SSSR count). The molecule has 6 heteroatoms. The van der Waals surface area contributed by atoms with E-state index in [2.05, 4.69) is 10.3 Å². The molecular formula is C14H14N2O3S. The highest BCUT2D eigenvalue weighted by molar-refractivity contribution is 7.83. The fraction of sp³-hybridized carbons (Fsp3) is 0.143. The molecule has 2 aromatic rings. The minimum Gasteiger partial charge on any atom is -0.504 e.